The molecule has 6 heteroatoms. The minimum absolute atomic E-state index is 0.288. The molecule has 1 nitrogen and oxygen atoms in total. The van der Waals surface area contributed by atoms with Gasteiger partial charge in [-0.25, -0.2) is 8.78 Å². The fraction of sp³-hybridized carbons (Fsp3) is 0.333. The van der Waals surface area contributed by atoms with Crippen molar-refractivity contribution in [3.05, 3.63) is 89.5 Å². The van der Waals surface area contributed by atoms with Crippen molar-refractivity contribution in [3.63, 3.8) is 0 Å². The van der Waals surface area contributed by atoms with Gasteiger partial charge in [0.1, 0.15) is 5.82 Å². The van der Waals surface area contributed by atoms with Gasteiger partial charge < -0.3 is 4.74 Å². The van der Waals surface area contributed by atoms with Crippen LogP contribution in [0.4, 0.5) is 22.0 Å². The first-order chi connectivity index (χ1) is 15.7. The summed E-state index contributed by atoms with van der Waals surface area (Å²) in [6, 6.07) is 12.8. The molecule has 0 amide bonds. The number of ether oxygens (including phenoxy) is 1. The largest absolute Gasteiger partial charge is 0.573 e. The minimum atomic E-state index is -4.96. The van der Waals surface area contributed by atoms with Gasteiger partial charge in [-0.1, -0.05) is 42.5 Å². The first-order valence-electron chi connectivity index (χ1n) is 11.1. The van der Waals surface area contributed by atoms with Crippen molar-refractivity contribution in [2.75, 3.05) is 0 Å². The molecule has 4 rings (SSSR count). The van der Waals surface area contributed by atoms with Crippen LogP contribution in [0, 0.1) is 17.6 Å². The van der Waals surface area contributed by atoms with Crippen LogP contribution < -0.4 is 4.74 Å². The fourth-order valence-corrected chi connectivity index (χ4v) is 4.68. The van der Waals surface area contributed by atoms with E-state index in [2.05, 4.69) is 17.4 Å². The zero-order valence-corrected chi connectivity index (χ0v) is 18.1. The maximum absolute atomic E-state index is 15.1. The average molecular weight is 460 g/mol. The SMILES string of the molecule is C=CC1CCC(c2ccc3c(F)c(CCc4ccc(OC(F)(F)F)c(F)c4)ccc3c2)CC1. The van der Waals surface area contributed by atoms with Gasteiger partial charge in [0.25, 0.3) is 0 Å². The molecule has 0 saturated heterocycles. The Bertz CT molecular complexity index is 1140. The molecule has 1 aliphatic carbocycles. The highest BCUT2D eigenvalue weighted by Gasteiger charge is 2.32. The highest BCUT2D eigenvalue weighted by molar-refractivity contribution is 5.84. The molecule has 0 N–H and O–H groups in total. The third kappa shape index (κ3) is 5.55. The van der Waals surface area contributed by atoms with Gasteiger partial charge in [-0.05, 0) is 84.6 Å². The van der Waals surface area contributed by atoms with E-state index in [0.29, 0.717) is 34.8 Å². The summed E-state index contributed by atoms with van der Waals surface area (Å²) in [6.07, 6.45) is 2.13. The molecule has 1 saturated carbocycles. The van der Waals surface area contributed by atoms with Gasteiger partial charge in [0, 0.05) is 5.39 Å². The van der Waals surface area contributed by atoms with Gasteiger partial charge in [-0.15, -0.1) is 19.8 Å². The van der Waals surface area contributed by atoms with E-state index >= 15 is 4.39 Å². The van der Waals surface area contributed by atoms with E-state index in [-0.39, 0.29) is 12.2 Å². The van der Waals surface area contributed by atoms with Crippen LogP contribution in [-0.4, -0.2) is 6.36 Å². The molecule has 0 radical (unpaired) electrons. The molecule has 3 aromatic carbocycles. The maximum Gasteiger partial charge on any atom is 0.573 e. The molecule has 33 heavy (non-hydrogen) atoms. The first kappa shape index (κ1) is 23.3. The van der Waals surface area contributed by atoms with Crippen LogP contribution in [-0.2, 0) is 12.8 Å². The molecular formula is C27H25F5O. The van der Waals surface area contributed by atoms with Crippen molar-refractivity contribution >= 4 is 10.8 Å². The number of aryl methyl sites for hydroxylation is 2. The highest BCUT2D eigenvalue weighted by Crippen LogP contribution is 2.37. The Labute approximate surface area is 189 Å². The summed E-state index contributed by atoms with van der Waals surface area (Å²) in [5.74, 6) is -1.22. The Kier molecular flexibility index (Phi) is 6.73. The van der Waals surface area contributed by atoms with Crippen molar-refractivity contribution < 1.29 is 26.7 Å². The van der Waals surface area contributed by atoms with Gasteiger partial charge in [0.05, 0.1) is 0 Å². The number of halogens is 5. The van der Waals surface area contributed by atoms with E-state index in [9.17, 15) is 17.6 Å². The molecular weight excluding hydrogens is 435 g/mol. The first-order valence-corrected chi connectivity index (χ1v) is 11.1. The van der Waals surface area contributed by atoms with Crippen LogP contribution in [0.5, 0.6) is 5.75 Å². The number of hydrogen-bond acceptors (Lipinski definition) is 1. The van der Waals surface area contributed by atoms with Gasteiger partial charge >= 0.3 is 6.36 Å². The predicted molar refractivity (Wildman–Crippen MR) is 119 cm³/mol. The van der Waals surface area contributed by atoms with Gasteiger partial charge in [0.15, 0.2) is 11.6 Å². The Morgan fingerprint density at radius 2 is 1.67 bits per heavy atom. The number of rotatable bonds is 6. The van der Waals surface area contributed by atoms with Crippen LogP contribution in [0.15, 0.2) is 61.2 Å². The topological polar surface area (TPSA) is 9.23 Å². The van der Waals surface area contributed by atoms with Crippen LogP contribution in [0.1, 0.15) is 48.3 Å². The molecule has 1 fully saturated rings. The Morgan fingerprint density at radius 3 is 2.33 bits per heavy atom. The summed E-state index contributed by atoms with van der Waals surface area (Å²) in [7, 11) is 0. The van der Waals surface area contributed by atoms with Crippen molar-refractivity contribution in [1.82, 2.24) is 0 Å². The monoisotopic (exact) mass is 460 g/mol. The number of allylic oxidation sites excluding steroid dienone is 1. The van der Waals surface area contributed by atoms with E-state index < -0.39 is 17.9 Å². The standard InChI is InChI=1S/C27H25F5O/c1-2-17-3-7-19(8-4-17)21-12-13-23-22(16-21)11-10-20(26(23)29)9-5-18-6-14-25(24(28)15-18)33-27(30,31)32/h2,6,10-17,19H,1,3-5,7-9H2. The third-order valence-electron chi connectivity index (χ3n) is 6.54. The Hall–Kier alpha value is -2.89. The number of hydrogen-bond donors (Lipinski definition) is 0. The van der Waals surface area contributed by atoms with Crippen molar-refractivity contribution in [2.24, 2.45) is 5.92 Å². The summed E-state index contributed by atoms with van der Waals surface area (Å²) in [6.45, 7) is 3.89. The molecule has 0 spiro atoms. The summed E-state index contributed by atoms with van der Waals surface area (Å²) < 4.78 is 69.6. The fourth-order valence-electron chi connectivity index (χ4n) is 4.68. The lowest BCUT2D eigenvalue weighted by molar-refractivity contribution is -0.275. The van der Waals surface area contributed by atoms with Crippen LogP contribution in [0.3, 0.4) is 0 Å². The molecule has 0 aromatic heterocycles. The smallest absolute Gasteiger partial charge is 0.403 e. The maximum atomic E-state index is 15.1. The predicted octanol–water partition coefficient (Wildman–Crippen LogP) is 8.26. The Balaban J connectivity index is 1.46. The minimum Gasteiger partial charge on any atom is -0.403 e. The van der Waals surface area contributed by atoms with Gasteiger partial charge in [-0.2, -0.15) is 0 Å². The van der Waals surface area contributed by atoms with Crippen molar-refractivity contribution in [2.45, 2.75) is 50.8 Å². The lowest BCUT2D eigenvalue weighted by Crippen LogP contribution is -2.18. The quantitative estimate of drug-likeness (QED) is 0.266. The van der Waals surface area contributed by atoms with Crippen molar-refractivity contribution in [1.29, 1.82) is 0 Å². The lowest BCUT2D eigenvalue weighted by Gasteiger charge is -2.27. The molecule has 0 heterocycles. The number of benzene rings is 3. The molecule has 0 unspecified atom stereocenters. The summed E-state index contributed by atoms with van der Waals surface area (Å²) in [5, 5.41) is 1.38. The average Bonchev–Trinajstić information content (AvgIpc) is 2.79. The van der Waals surface area contributed by atoms with Gasteiger partial charge in [-0.3, -0.25) is 0 Å². The molecule has 174 valence electrons. The van der Waals surface area contributed by atoms with Crippen LogP contribution >= 0.6 is 0 Å². The number of alkyl halides is 3. The van der Waals surface area contributed by atoms with E-state index in [1.54, 1.807) is 6.07 Å². The summed E-state index contributed by atoms with van der Waals surface area (Å²) in [4.78, 5) is 0. The van der Waals surface area contributed by atoms with E-state index in [1.807, 2.05) is 24.3 Å². The second kappa shape index (κ2) is 9.54. The van der Waals surface area contributed by atoms with Crippen molar-refractivity contribution in [3.8, 4) is 5.75 Å². The van der Waals surface area contributed by atoms with Crippen LogP contribution in [0.25, 0.3) is 10.8 Å². The second-order valence-corrected chi connectivity index (χ2v) is 8.68. The molecule has 0 atom stereocenters. The summed E-state index contributed by atoms with van der Waals surface area (Å²) in [5.41, 5.74) is 2.18. The zero-order valence-electron chi connectivity index (χ0n) is 18.1. The Morgan fingerprint density at radius 1 is 0.909 bits per heavy atom. The molecule has 0 bridgehead atoms. The van der Waals surface area contributed by atoms with E-state index in [0.717, 1.165) is 43.2 Å². The molecule has 0 aliphatic heterocycles. The number of fused-ring (bicyclic) bond motifs is 1. The second-order valence-electron chi connectivity index (χ2n) is 8.68. The molecule has 1 aliphatic rings. The van der Waals surface area contributed by atoms with Crippen LogP contribution in [0.2, 0.25) is 0 Å². The normalized spacial score (nSPS) is 18.9. The highest BCUT2D eigenvalue weighted by atomic mass is 19.4. The lowest BCUT2D eigenvalue weighted by atomic mass is 9.78. The van der Waals surface area contributed by atoms with E-state index in [4.69, 9.17) is 0 Å². The summed E-state index contributed by atoms with van der Waals surface area (Å²) >= 11 is 0. The molecule has 3 aromatic rings. The third-order valence-corrected chi connectivity index (χ3v) is 6.54. The zero-order chi connectivity index (χ0) is 23.6. The van der Waals surface area contributed by atoms with Gasteiger partial charge in [0.2, 0.25) is 0 Å². The van der Waals surface area contributed by atoms with E-state index in [1.165, 1.54) is 11.6 Å².